The monoisotopic (exact) mass is 202 g/mol. The molecule has 0 saturated heterocycles. The Kier molecular flexibility index (Phi) is 2.54. The first-order chi connectivity index (χ1) is 7.24. The van der Waals surface area contributed by atoms with Gasteiger partial charge >= 0.3 is 0 Å². The minimum absolute atomic E-state index is 0.171. The van der Waals surface area contributed by atoms with Crippen LogP contribution in [-0.2, 0) is 4.79 Å². The van der Waals surface area contributed by atoms with Crippen LogP contribution >= 0.6 is 0 Å². The fourth-order valence-electron chi connectivity index (χ4n) is 1.73. The minimum Gasteiger partial charge on any atom is -0.297 e. The molecule has 0 saturated carbocycles. The highest BCUT2D eigenvalue weighted by Gasteiger charge is 2.15. The molecule has 15 heavy (non-hydrogen) atoms. The molecule has 3 heteroatoms. The van der Waals surface area contributed by atoms with Gasteiger partial charge < -0.3 is 0 Å². The van der Waals surface area contributed by atoms with E-state index >= 15 is 0 Å². The Morgan fingerprint density at radius 2 is 2.20 bits per heavy atom. The van der Waals surface area contributed by atoms with Crippen molar-refractivity contribution < 1.29 is 4.79 Å². The third-order valence-corrected chi connectivity index (χ3v) is 2.69. The number of benzene rings is 1. The molecule has 1 aromatic heterocycles. The van der Waals surface area contributed by atoms with Gasteiger partial charge in [0.2, 0.25) is 0 Å². The molecule has 0 fully saturated rings. The van der Waals surface area contributed by atoms with E-state index in [0.29, 0.717) is 6.42 Å². The molecule has 1 atom stereocenters. The molecule has 1 aromatic carbocycles. The van der Waals surface area contributed by atoms with Gasteiger partial charge in [-0.05, 0) is 13.0 Å². The van der Waals surface area contributed by atoms with Crippen molar-refractivity contribution in [2.45, 2.75) is 26.3 Å². The summed E-state index contributed by atoms with van der Waals surface area (Å²) >= 11 is 0. The first-order valence-corrected chi connectivity index (χ1v) is 5.19. The number of aromatic nitrogens is 2. The fraction of sp³-hybridized carbons (Fsp3) is 0.333. The molecule has 0 bridgehead atoms. The average molecular weight is 202 g/mol. The van der Waals surface area contributed by atoms with Crippen LogP contribution in [0.5, 0.6) is 0 Å². The number of rotatable bonds is 3. The largest absolute Gasteiger partial charge is 0.297 e. The highest BCUT2D eigenvalue weighted by atomic mass is 16.1. The van der Waals surface area contributed by atoms with Crippen molar-refractivity contribution in [3.8, 4) is 0 Å². The van der Waals surface area contributed by atoms with Crippen LogP contribution in [0.2, 0.25) is 0 Å². The van der Waals surface area contributed by atoms with Crippen molar-refractivity contribution >= 4 is 16.7 Å². The number of Topliss-reactive ketones (excluding diaryl/α,β-unsaturated/α-hetero) is 1. The maximum atomic E-state index is 11.6. The van der Waals surface area contributed by atoms with Crippen LogP contribution in [0.15, 0.2) is 30.5 Å². The molecular weight excluding hydrogens is 188 g/mol. The smallest absolute Gasteiger partial charge is 0.156 e. The number of hydrogen-bond acceptors (Lipinski definition) is 2. The molecule has 0 aliphatic heterocycles. The average Bonchev–Trinajstić information content (AvgIpc) is 2.70. The zero-order valence-corrected chi connectivity index (χ0v) is 8.97. The molecular formula is C12H14N2O. The van der Waals surface area contributed by atoms with Gasteiger partial charge in [0.1, 0.15) is 6.04 Å². The lowest BCUT2D eigenvalue weighted by atomic mass is 10.1. The van der Waals surface area contributed by atoms with Crippen LogP contribution in [0.1, 0.15) is 26.3 Å². The maximum Gasteiger partial charge on any atom is 0.156 e. The van der Waals surface area contributed by atoms with Crippen molar-refractivity contribution in [2.75, 3.05) is 0 Å². The summed E-state index contributed by atoms with van der Waals surface area (Å²) in [6, 6.07) is 7.75. The van der Waals surface area contributed by atoms with Gasteiger partial charge in [0.25, 0.3) is 0 Å². The van der Waals surface area contributed by atoms with E-state index in [4.69, 9.17) is 0 Å². The quantitative estimate of drug-likeness (QED) is 0.766. The predicted molar refractivity (Wildman–Crippen MR) is 59.7 cm³/mol. The number of ketones is 1. The van der Waals surface area contributed by atoms with Gasteiger partial charge in [-0.3, -0.25) is 9.48 Å². The molecule has 0 aliphatic carbocycles. The Morgan fingerprint density at radius 1 is 1.47 bits per heavy atom. The SMILES string of the molecule is CCC(=O)C(C)n1ncc2ccccc21. The summed E-state index contributed by atoms with van der Waals surface area (Å²) in [5.74, 6) is 0.212. The molecule has 2 rings (SSSR count). The molecule has 2 aromatic rings. The lowest BCUT2D eigenvalue weighted by Crippen LogP contribution is -2.16. The number of hydrogen-bond donors (Lipinski definition) is 0. The van der Waals surface area contributed by atoms with Crippen molar-refractivity contribution in [3.05, 3.63) is 30.5 Å². The second kappa shape index (κ2) is 3.85. The van der Waals surface area contributed by atoms with E-state index in [0.717, 1.165) is 10.9 Å². The van der Waals surface area contributed by atoms with Crippen molar-refractivity contribution in [1.82, 2.24) is 9.78 Å². The van der Waals surface area contributed by atoms with Crippen LogP contribution in [-0.4, -0.2) is 15.6 Å². The van der Waals surface area contributed by atoms with Crippen molar-refractivity contribution in [3.63, 3.8) is 0 Å². The highest BCUT2D eigenvalue weighted by molar-refractivity contribution is 5.85. The number of nitrogens with zero attached hydrogens (tertiary/aromatic N) is 2. The van der Waals surface area contributed by atoms with Crippen LogP contribution in [0.25, 0.3) is 10.9 Å². The van der Waals surface area contributed by atoms with E-state index in [2.05, 4.69) is 5.10 Å². The van der Waals surface area contributed by atoms with Gasteiger partial charge in [0, 0.05) is 11.8 Å². The standard InChI is InChI=1S/C12H14N2O/c1-3-12(15)9(2)14-11-7-5-4-6-10(11)8-13-14/h4-9H,3H2,1-2H3. The molecule has 0 radical (unpaired) electrons. The zero-order valence-electron chi connectivity index (χ0n) is 8.97. The zero-order chi connectivity index (χ0) is 10.8. The van der Waals surface area contributed by atoms with Gasteiger partial charge in [-0.15, -0.1) is 0 Å². The minimum atomic E-state index is -0.171. The first kappa shape index (κ1) is 9.90. The summed E-state index contributed by atoms with van der Waals surface area (Å²) in [7, 11) is 0. The second-order valence-corrected chi connectivity index (χ2v) is 3.64. The van der Waals surface area contributed by atoms with Gasteiger partial charge in [0.05, 0.1) is 11.7 Å². The van der Waals surface area contributed by atoms with Crippen LogP contribution in [0.4, 0.5) is 0 Å². The molecule has 1 heterocycles. The fourth-order valence-corrected chi connectivity index (χ4v) is 1.73. The number of carbonyl (C=O) groups excluding carboxylic acids is 1. The number of carbonyl (C=O) groups is 1. The second-order valence-electron chi connectivity index (χ2n) is 3.64. The van der Waals surface area contributed by atoms with E-state index in [9.17, 15) is 4.79 Å². The van der Waals surface area contributed by atoms with Gasteiger partial charge in [-0.25, -0.2) is 0 Å². The Hall–Kier alpha value is -1.64. The Bertz CT molecular complexity index is 487. The number of fused-ring (bicyclic) bond motifs is 1. The summed E-state index contributed by atoms with van der Waals surface area (Å²) in [5.41, 5.74) is 1.02. The third-order valence-electron chi connectivity index (χ3n) is 2.69. The predicted octanol–water partition coefficient (Wildman–Crippen LogP) is 2.58. The maximum absolute atomic E-state index is 11.6. The van der Waals surface area contributed by atoms with E-state index in [1.54, 1.807) is 10.9 Å². The van der Waals surface area contributed by atoms with E-state index < -0.39 is 0 Å². The summed E-state index contributed by atoms with van der Waals surface area (Å²) in [6.07, 6.45) is 2.35. The Labute approximate surface area is 88.7 Å². The third kappa shape index (κ3) is 1.65. The van der Waals surface area contributed by atoms with Gasteiger partial charge in [0.15, 0.2) is 5.78 Å². The van der Waals surface area contributed by atoms with E-state index in [1.165, 1.54) is 0 Å². The van der Waals surface area contributed by atoms with Crippen LogP contribution < -0.4 is 0 Å². The Morgan fingerprint density at radius 3 is 2.93 bits per heavy atom. The molecule has 3 nitrogen and oxygen atoms in total. The van der Waals surface area contributed by atoms with Crippen molar-refractivity contribution in [1.29, 1.82) is 0 Å². The molecule has 0 N–H and O–H groups in total. The van der Waals surface area contributed by atoms with Gasteiger partial charge in [-0.2, -0.15) is 5.10 Å². The highest BCUT2D eigenvalue weighted by Crippen LogP contribution is 2.18. The molecule has 0 aliphatic rings. The number of para-hydroxylation sites is 1. The molecule has 0 spiro atoms. The van der Waals surface area contributed by atoms with E-state index in [-0.39, 0.29) is 11.8 Å². The van der Waals surface area contributed by atoms with E-state index in [1.807, 2.05) is 38.1 Å². The first-order valence-electron chi connectivity index (χ1n) is 5.19. The molecule has 1 unspecified atom stereocenters. The molecule has 0 amide bonds. The summed E-state index contributed by atoms with van der Waals surface area (Å²) in [6.45, 7) is 3.77. The van der Waals surface area contributed by atoms with Crippen LogP contribution in [0.3, 0.4) is 0 Å². The summed E-state index contributed by atoms with van der Waals surface area (Å²) < 4.78 is 1.79. The molecule has 78 valence electrons. The normalized spacial score (nSPS) is 12.9. The van der Waals surface area contributed by atoms with Gasteiger partial charge in [-0.1, -0.05) is 25.1 Å². The Balaban J connectivity index is 2.48. The topological polar surface area (TPSA) is 34.9 Å². The summed E-state index contributed by atoms with van der Waals surface area (Å²) in [4.78, 5) is 11.6. The lowest BCUT2D eigenvalue weighted by molar-refractivity contribution is -0.121. The van der Waals surface area contributed by atoms with Crippen molar-refractivity contribution in [2.24, 2.45) is 0 Å². The lowest BCUT2D eigenvalue weighted by Gasteiger charge is -2.10. The van der Waals surface area contributed by atoms with Crippen LogP contribution in [0, 0.1) is 0 Å². The summed E-state index contributed by atoms with van der Waals surface area (Å²) in [5, 5.41) is 5.34.